The number of nitrogens with zero attached hydrogens (tertiary/aromatic N) is 3. The second-order valence-corrected chi connectivity index (χ2v) is 4.17. The molecule has 0 aromatic carbocycles. The van der Waals surface area contributed by atoms with E-state index in [1.165, 1.54) is 13.4 Å². The van der Waals surface area contributed by atoms with Crippen LogP contribution in [-0.2, 0) is 0 Å². The fourth-order valence-electron chi connectivity index (χ4n) is 1.63. The summed E-state index contributed by atoms with van der Waals surface area (Å²) in [5.74, 6) is 0.664. The van der Waals surface area contributed by atoms with Crippen LogP contribution in [-0.4, -0.2) is 42.9 Å². The fourth-order valence-corrected chi connectivity index (χ4v) is 1.63. The second kappa shape index (κ2) is 5.94. The van der Waals surface area contributed by atoms with E-state index < -0.39 is 12.7 Å². The van der Waals surface area contributed by atoms with Crippen molar-refractivity contribution >= 4 is 11.6 Å². The standard InChI is InChI=1S/C11H17F3N4O/c1-7(2)18(5-11(12,13)14)10-8(19-4)9(15-3)16-6-17-10/h6-7H,5H2,1-4H3,(H,15,16,17). The van der Waals surface area contributed by atoms with Crippen LogP contribution < -0.4 is 15.0 Å². The van der Waals surface area contributed by atoms with E-state index in [0.717, 1.165) is 4.90 Å². The number of methoxy groups -OCH3 is 1. The lowest BCUT2D eigenvalue weighted by atomic mass is 10.3. The van der Waals surface area contributed by atoms with Gasteiger partial charge in [0.25, 0.3) is 0 Å². The molecule has 0 atom stereocenters. The lowest BCUT2D eigenvalue weighted by molar-refractivity contribution is -0.120. The van der Waals surface area contributed by atoms with Gasteiger partial charge in [-0.25, -0.2) is 9.97 Å². The number of hydrogen-bond donors (Lipinski definition) is 1. The molecule has 0 aliphatic heterocycles. The molecule has 0 spiro atoms. The van der Waals surface area contributed by atoms with Gasteiger partial charge < -0.3 is 15.0 Å². The Morgan fingerprint density at radius 1 is 1.37 bits per heavy atom. The summed E-state index contributed by atoms with van der Waals surface area (Å²) >= 11 is 0. The van der Waals surface area contributed by atoms with E-state index in [0.29, 0.717) is 5.82 Å². The van der Waals surface area contributed by atoms with Crippen molar-refractivity contribution in [3.63, 3.8) is 0 Å². The smallest absolute Gasteiger partial charge is 0.405 e. The molecule has 0 saturated carbocycles. The molecule has 0 bridgehead atoms. The summed E-state index contributed by atoms with van der Waals surface area (Å²) in [6.45, 7) is 2.22. The minimum absolute atomic E-state index is 0.120. The molecule has 19 heavy (non-hydrogen) atoms. The minimum atomic E-state index is -4.32. The van der Waals surface area contributed by atoms with E-state index in [2.05, 4.69) is 15.3 Å². The molecule has 0 fully saturated rings. The van der Waals surface area contributed by atoms with Crippen molar-refractivity contribution in [1.29, 1.82) is 0 Å². The van der Waals surface area contributed by atoms with Crippen molar-refractivity contribution in [3.8, 4) is 5.75 Å². The third kappa shape index (κ3) is 3.87. The van der Waals surface area contributed by atoms with Crippen molar-refractivity contribution in [2.75, 3.05) is 30.9 Å². The average molecular weight is 278 g/mol. The summed E-state index contributed by atoms with van der Waals surface area (Å²) in [5.41, 5.74) is 0. The number of rotatable bonds is 5. The van der Waals surface area contributed by atoms with E-state index in [-0.39, 0.29) is 17.6 Å². The number of alkyl halides is 3. The zero-order valence-electron chi connectivity index (χ0n) is 11.2. The topological polar surface area (TPSA) is 50.3 Å². The van der Waals surface area contributed by atoms with Gasteiger partial charge in [0.2, 0.25) is 5.75 Å². The zero-order chi connectivity index (χ0) is 14.6. The highest BCUT2D eigenvalue weighted by molar-refractivity contribution is 5.64. The molecule has 0 aliphatic rings. The highest BCUT2D eigenvalue weighted by Gasteiger charge is 2.34. The Bertz CT molecular complexity index is 423. The average Bonchev–Trinajstić information content (AvgIpc) is 2.33. The van der Waals surface area contributed by atoms with E-state index in [1.54, 1.807) is 20.9 Å². The summed E-state index contributed by atoms with van der Waals surface area (Å²) in [6.07, 6.45) is -3.12. The van der Waals surface area contributed by atoms with Gasteiger partial charge in [0.05, 0.1) is 7.11 Å². The number of ether oxygens (including phenoxy) is 1. The SMILES string of the molecule is CNc1ncnc(N(CC(F)(F)F)C(C)C)c1OC. The maximum Gasteiger partial charge on any atom is 0.405 e. The normalized spacial score (nSPS) is 11.6. The third-order valence-electron chi connectivity index (χ3n) is 2.47. The number of halogens is 3. The molecule has 0 amide bonds. The Morgan fingerprint density at radius 3 is 2.42 bits per heavy atom. The molecule has 8 heteroatoms. The van der Waals surface area contributed by atoms with Crippen LogP contribution in [0, 0.1) is 0 Å². The minimum Gasteiger partial charge on any atom is -0.490 e. The van der Waals surface area contributed by atoms with Gasteiger partial charge in [0.1, 0.15) is 12.9 Å². The second-order valence-electron chi connectivity index (χ2n) is 4.17. The maximum absolute atomic E-state index is 12.6. The van der Waals surface area contributed by atoms with Crippen molar-refractivity contribution in [1.82, 2.24) is 9.97 Å². The van der Waals surface area contributed by atoms with Gasteiger partial charge in [-0.15, -0.1) is 0 Å². The van der Waals surface area contributed by atoms with Crippen LogP contribution in [0.4, 0.5) is 24.8 Å². The van der Waals surface area contributed by atoms with Gasteiger partial charge in [-0.1, -0.05) is 0 Å². The molecule has 0 unspecified atom stereocenters. The van der Waals surface area contributed by atoms with Crippen molar-refractivity contribution < 1.29 is 17.9 Å². The molecule has 1 N–H and O–H groups in total. The molecular formula is C11H17F3N4O. The maximum atomic E-state index is 12.6. The number of aromatic nitrogens is 2. The molecule has 1 aromatic rings. The summed E-state index contributed by atoms with van der Waals surface area (Å²) in [6, 6.07) is -0.380. The molecule has 108 valence electrons. The van der Waals surface area contributed by atoms with Crippen molar-refractivity contribution in [3.05, 3.63) is 6.33 Å². The molecule has 0 saturated heterocycles. The monoisotopic (exact) mass is 278 g/mol. The highest BCUT2D eigenvalue weighted by atomic mass is 19.4. The predicted molar refractivity (Wildman–Crippen MR) is 66.7 cm³/mol. The van der Waals surface area contributed by atoms with Crippen LogP contribution in [0.2, 0.25) is 0 Å². The lowest BCUT2D eigenvalue weighted by Gasteiger charge is -2.30. The Balaban J connectivity index is 3.23. The molecular weight excluding hydrogens is 261 g/mol. The van der Waals surface area contributed by atoms with Gasteiger partial charge in [-0.3, -0.25) is 0 Å². The fraction of sp³-hybridized carbons (Fsp3) is 0.636. The van der Waals surface area contributed by atoms with Crippen LogP contribution in [0.3, 0.4) is 0 Å². The highest BCUT2D eigenvalue weighted by Crippen LogP contribution is 2.34. The largest absolute Gasteiger partial charge is 0.490 e. The molecule has 0 aliphatic carbocycles. The summed E-state index contributed by atoms with van der Waals surface area (Å²) in [4.78, 5) is 8.95. The van der Waals surface area contributed by atoms with Crippen LogP contribution in [0.5, 0.6) is 5.75 Å². The Labute approximate surface area is 109 Å². The van der Waals surface area contributed by atoms with Crippen molar-refractivity contribution in [2.45, 2.75) is 26.1 Å². The van der Waals surface area contributed by atoms with E-state index in [4.69, 9.17) is 4.74 Å². The Hall–Kier alpha value is -1.73. The summed E-state index contributed by atoms with van der Waals surface area (Å²) in [7, 11) is 2.98. The number of hydrogen-bond acceptors (Lipinski definition) is 5. The van der Waals surface area contributed by atoms with Crippen LogP contribution in [0.1, 0.15) is 13.8 Å². The number of nitrogens with one attached hydrogen (secondary N) is 1. The van der Waals surface area contributed by atoms with Gasteiger partial charge in [-0.2, -0.15) is 13.2 Å². The third-order valence-corrected chi connectivity index (χ3v) is 2.47. The predicted octanol–water partition coefficient (Wildman–Crippen LogP) is 2.30. The lowest BCUT2D eigenvalue weighted by Crippen LogP contribution is -2.40. The first-order valence-corrected chi connectivity index (χ1v) is 5.70. The van der Waals surface area contributed by atoms with Crippen LogP contribution in [0.25, 0.3) is 0 Å². The van der Waals surface area contributed by atoms with Gasteiger partial charge in [-0.05, 0) is 13.8 Å². The van der Waals surface area contributed by atoms with Gasteiger partial charge in [0.15, 0.2) is 11.6 Å². The summed E-state index contributed by atoms with van der Waals surface area (Å²) in [5, 5.41) is 2.76. The van der Waals surface area contributed by atoms with Crippen molar-refractivity contribution in [2.24, 2.45) is 0 Å². The van der Waals surface area contributed by atoms with Crippen LogP contribution >= 0.6 is 0 Å². The molecule has 1 aromatic heterocycles. The van der Waals surface area contributed by atoms with E-state index in [9.17, 15) is 13.2 Å². The first-order valence-electron chi connectivity index (χ1n) is 5.70. The Morgan fingerprint density at radius 2 is 2.00 bits per heavy atom. The quantitative estimate of drug-likeness (QED) is 0.895. The molecule has 0 radical (unpaired) electrons. The van der Waals surface area contributed by atoms with E-state index >= 15 is 0 Å². The molecule has 1 heterocycles. The molecule has 5 nitrogen and oxygen atoms in total. The van der Waals surface area contributed by atoms with Gasteiger partial charge in [0, 0.05) is 13.1 Å². The van der Waals surface area contributed by atoms with Gasteiger partial charge >= 0.3 is 6.18 Å². The Kier molecular flexibility index (Phi) is 4.79. The van der Waals surface area contributed by atoms with Crippen LogP contribution in [0.15, 0.2) is 6.33 Å². The number of anilines is 2. The first-order chi connectivity index (χ1) is 8.80. The zero-order valence-corrected chi connectivity index (χ0v) is 11.2. The molecule has 1 rings (SSSR count). The first kappa shape index (κ1) is 15.3. The summed E-state index contributed by atoms with van der Waals surface area (Å²) < 4.78 is 43.0. The van der Waals surface area contributed by atoms with E-state index in [1.807, 2.05) is 0 Å².